The van der Waals surface area contributed by atoms with Crippen molar-refractivity contribution >= 4 is 5.78 Å². The fourth-order valence-electron chi connectivity index (χ4n) is 3.86. The molecule has 0 aromatic heterocycles. The van der Waals surface area contributed by atoms with Gasteiger partial charge >= 0.3 is 0 Å². The van der Waals surface area contributed by atoms with Gasteiger partial charge in [-0.2, -0.15) is 0 Å². The Kier molecular flexibility index (Phi) is 5.83. The maximum atomic E-state index is 12.1. The highest BCUT2D eigenvalue weighted by molar-refractivity contribution is 5.81. The maximum absolute atomic E-state index is 12.1. The predicted octanol–water partition coefficient (Wildman–Crippen LogP) is 2.48. The third-order valence-electron chi connectivity index (χ3n) is 4.96. The molecule has 1 aliphatic carbocycles. The summed E-state index contributed by atoms with van der Waals surface area (Å²) in [5.74, 6) is 2.22. The molecule has 3 unspecified atom stereocenters. The summed E-state index contributed by atoms with van der Waals surface area (Å²) in [6, 6.07) is 0. The van der Waals surface area contributed by atoms with Gasteiger partial charge in [0.15, 0.2) is 0 Å². The summed E-state index contributed by atoms with van der Waals surface area (Å²) in [5.41, 5.74) is 0. The lowest BCUT2D eigenvalue weighted by atomic mass is 9.78. The van der Waals surface area contributed by atoms with Crippen LogP contribution in [-0.4, -0.2) is 42.0 Å². The molecule has 19 heavy (non-hydrogen) atoms. The van der Waals surface area contributed by atoms with Gasteiger partial charge in [0.25, 0.3) is 0 Å². The Morgan fingerprint density at radius 1 is 1.26 bits per heavy atom. The molecule has 3 nitrogen and oxygen atoms in total. The fourth-order valence-corrected chi connectivity index (χ4v) is 3.86. The molecule has 0 aromatic carbocycles. The van der Waals surface area contributed by atoms with Gasteiger partial charge in [-0.3, -0.25) is 4.79 Å². The average Bonchev–Trinajstić information content (AvgIpc) is 2.82. The number of carbonyl (C=O) groups is 1. The van der Waals surface area contributed by atoms with E-state index < -0.39 is 0 Å². The Morgan fingerprint density at radius 2 is 2.11 bits per heavy atom. The lowest BCUT2D eigenvalue weighted by Crippen LogP contribution is -2.35. The molecule has 3 atom stereocenters. The molecule has 110 valence electrons. The van der Waals surface area contributed by atoms with Crippen LogP contribution in [0.15, 0.2) is 0 Å². The Labute approximate surface area is 117 Å². The van der Waals surface area contributed by atoms with E-state index >= 15 is 0 Å². The number of ketones is 1. The van der Waals surface area contributed by atoms with Crippen molar-refractivity contribution in [2.45, 2.75) is 51.9 Å². The van der Waals surface area contributed by atoms with E-state index in [0.717, 1.165) is 51.2 Å². The van der Waals surface area contributed by atoms with E-state index in [1.54, 1.807) is 0 Å². The van der Waals surface area contributed by atoms with Gasteiger partial charge < -0.3 is 10.0 Å². The lowest BCUT2D eigenvalue weighted by molar-refractivity contribution is -0.126. The Balaban J connectivity index is 1.79. The molecule has 1 heterocycles. The fraction of sp³-hybridized carbons (Fsp3) is 0.938. The molecule has 0 spiro atoms. The number of aliphatic hydroxyl groups excluding tert-OH is 1. The van der Waals surface area contributed by atoms with Gasteiger partial charge in [-0.15, -0.1) is 0 Å². The Bertz CT molecular complexity index is 292. The van der Waals surface area contributed by atoms with Gasteiger partial charge in [0.1, 0.15) is 5.78 Å². The van der Waals surface area contributed by atoms with Gasteiger partial charge in [-0.1, -0.05) is 19.8 Å². The normalized spacial score (nSPS) is 32.9. The Hall–Kier alpha value is -0.410. The van der Waals surface area contributed by atoms with Crippen LogP contribution in [0, 0.1) is 17.8 Å². The minimum Gasteiger partial charge on any atom is -0.396 e. The highest BCUT2D eigenvalue weighted by atomic mass is 16.3. The lowest BCUT2D eigenvalue weighted by Gasteiger charge is -2.30. The molecule has 1 saturated heterocycles. The van der Waals surface area contributed by atoms with Crippen molar-refractivity contribution in [2.75, 3.05) is 26.2 Å². The summed E-state index contributed by atoms with van der Waals surface area (Å²) in [4.78, 5) is 14.5. The Morgan fingerprint density at radius 3 is 2.84 bits per heavy atom. The number of likely N-dealkylation sites (tertiary alicyclic amines) is 1. The summed E-state index contributed by atoms with van der Waals surface area (Å²) in [5, 5.41) is 9.00. The van der Waals surface area contributed by atoms with Crippen molar-refractivity contribution in [3.05, 3.63) is 0 Å². The van der Waals surface area contributed by atoms with Crippen molar-refractivity contribution in [1.29, 1.82) is 0 Å². The number of carbonyl (C=O) groups excluding carboxylic acids is 1. The van der Waals surface area contributed by atoms with Gasteiger partial charge in [0.2, 0.25) is 0 Å². The van der Waals surface area contributed by atoms with Crippen molar-refractivity contribution in [1.82, 2.24) is 4.90 Å². The molecule has 0 bridgehead atoms. The van der Waals surface area contributed by atoms with Crippen LogP contribution in [0.25, 0.3) is 0 Å². The van der Waals surface area contributed by atoms with Crippen LogP contribution in [0.2, 0.25) is 0 Å². The third kappa shape index (κ3) is 4.28. The first kappa shape index (κ1) is 15.0. The molecule has 1 saturated carbocycles. The van der Waals surface area contributed by atoms with Gasteiger partial charge in [0.05, 0.1) is 0 Å². The largest absolute Gasteiger partial charge is 0.396 e. The first-order valence-corrected chi connectivity index (χ1v) is 8.08. The molecule has 3 heteroatoms. The number of hydrogen-bond donors (Lipinski definition) is 1. The smallest absolute Gasteiger partial charge is 0.137 e. The zero-order valence-electron chi connectivity index (χ0n) is 12.3. The molecule has 1 N–H and O–H groups in total. The highest BCUT2D eigenvalue weighted by Gasteiger charge is 2.31. The number of aliphatic hydroxyl groups is 1. The minimum absolute atomic E-state index is 0.290. The number of nitrogens with zero attached hydrogens (tertiary/aromatic N) is 1. The van der Waals surface area contributed by atoms with E-state index in [-0.39, 0.29) is 5.92 Å². The molecular formula is C16H29NO2. The average molecular weight is 267 g/mol. The second kappa shape index (κ2) is 7.39. The van der Waals surface area contributed by atoms with E-state index in [0.29, 0.717) is 18.3 Å². The van der Waals surface area contributed by atoms with Crippen molar-refractivity contribution < 1.29 is 9.90 Å². The summed E-state index contributed by atoms with van der Waals surface area (Å²) in [6.45, 7) is 5.72. The molecule has 2 fully saturated rings. The third-order valence-corrected chi connectivity index (χ3v) is 4.96. The van der Waals surface area contributed by atoms with E-state index in [9.17, 15) is 4.79 Å². The molecule has 1 aliphatic heterocycles. The molecule has 2 aliphatic rings. The van der Waals surface area contributed by atoms with Crippen LogP contribution in [0.5, 0.6) is 0 Å². The molecular weight excluding hydrogens is 238 g/mol. The second-order valence-electron chi connectivity index (χ2n) is 6.52. The van der Waals surface area contributed by atoms with Crippen LogP contribution in [0.4, 0.5) is 0 Å². The molecule has 2 rings (SSSR count). The quantitative estimate of drug-likeness (QED) is 0.804. The molecule has 0 amide bonds. The summed E-state index contributed by atoms with van der Waals surface area (Å²) < 4.78 is 0. The number of rotatable bonds is 6. The highest BCUT2D eigenvalue weighted by Crippen LogP contribution is 2.31. The molecule has 0 radical (unpaired) electrons. The first-order valence-electron chi connectivity index (χ1n) is 8.08. The summed E-state index contributed by atoms with van der Waals surface area (Å²) in [7, 11) is 0. The van der Waals surface area contributed by atoms with Crippen LogP contribution in [0.3, 0.4) is 0 Å². The van der Waals surface area contributed by atoms with Crippen LogP contribution >= 0.6 is 0 Å². The number of hydrogen-bond acceptors (Lipinski definition) is 3. The van der Waals surface area contributed by atoms with Crippen molar-refractivity contribution in [3.8, 4) is 0 Å². The van der Waals surface area contributed by atoms with Gasteiger partial charge in [-0.25, -0.2) is 0 Å². The maximum Gasteiger partial charge on any atom is 0.137 e. The summed E-state index contributed by atoms with van der Waals surface area (Å²) >= 11 is 0. The van der Waals surface area contributed by atoms with E-state index in [1.807, 2.05) is 0 Å². The second-order valence-corrected chi connectivity index (χ2v) is 6.52. The summed E-state index contributed by atoms with van der Waals surface area (Å²) in [6.07, 6.45) is 7.70. The SMILES string of the molecule is CCCC1CCC(=O)C(CN2CCC(CCO)C2)C1. The standard InChI is InChI=1S/C16H29NO2/c1-2-3-13-4-5-16(19)15(10-13)12-17-8-6-14(11-17)7-9-18/h13-15,18H,2-12H2,1H3. The van der Waals surface area contributed by atoms with Crippen LogP contribution in [-0.2, 0) is 4.79 Å². The molecule has 0 aromatic rings. The monoisotopic (exact) mass is 267 g/mol. The van der Waals surface area contributed by atoms with Gasteiger partial charge in [0, 0.05) is 32.0 Å². The number of Topliss-reactive ketones (excluding diaryl/α,β-unsaturated/α-hetero) is 1. The topological polar surface area (TPSA) is 40.5 Å². The van der Waals surface area contributed by atoms with Crippen molar-refractivity contribution in [2.24, 2.45) is 17.8 Å². The van der Waals surface area contributed by atoms with E-state index in [4.69, 9.17) is 5.11 Å². The first-order chi connectivity index (χ1) is 9.22. The van der Waals surface area contributed by atoms with Crippen LogP contribution < -0.4 is 0 Å². The predicted molar refractivity (Wildman–Crippen MR) is 77.0 cm³/mol. The van der Waals surface area contributed by atoms with E-state index in [1.165, 1.54) is 19.3 Å². The zero-order valence-corrected chi connectivity index (χ0v) is 12.3. The van der Waals surface area contributed by atoms with E-state index in [2.05, 4.69) is 11.8 Å². The minimum atomic E-state index is 0.290. The van der Waals surface area contributed by atoms with Gasteiger partial charge in [-0.05, 0) is 44.1 Å². The van der Waals surface area contributed by atoms with Crippen LogP contribution in [0.1, 0.15) is 51.9 Å². The zero-order chi connectivity index (χ0) is 13.7. The van der Waals surface area contributed by atoms with Crippen molar-refractivity contribution in [3.63, 3.8) is 0 Å².